The van der Waals surface area contributed by atoms with Crippen molar-refractivity contribution in [3.63, 3.8) is 0 Å². The number of hydrogen-bond donors (Lipinski definition) is 0. The molecule has 0 saturated carbocycles. The van der Waals surface area contributed by atoms with Crippen molar-refractivity contribution < 1.29 is 4.79 Å². The molecule has 3 aromatic rings. The van der Waals surface area contributed by atoms with E-state index in [1.807, 2.05) is 37.3 Å². The van der Waals surface area contributed by atoms with Crippen LogP contribution in [0.4, 0.5) is 5.69 Å². The van der Waals surface area contributed by atoms with Crippen LogP contribution in [0.15, 0.2) is 53.5 Å². The van der Waals surface area contributed by atoms with Gasteiger partial charge in [0.15, 0.2) is 5.78 Å². The highest BCUT2D eigenvalue weighted by Crippen LogP contribution is 2.26. The third kappa shape index (κ3) is 3.93. The molecule has 1 aromatic heterocycles. The van der Waals surface area contributed by atoms with E-state index in [-0.39, 0.29) is 5.78 Å². The summed E-state index contributed by atoms with van der Waals surface area (Å²) in [5.74, 6) is -0.0204. The van der Waals surface area contributed by atoms with Crippen LogP contribution in [0, 0.1) is 6.92 Å². The third-order valence-electron chi connectivity index (χ3n) is 3.97. The van der Waals surface area contributed by atoms with E-state index in [4.69, 9.17) is 23.2 Å². The van der Waals surface area contributed by atoms with Crippen molar-refractivity contribution in [2.24, 2.45) is 4.99 Å². The Hall–Kier alpha value is -1.88. The van der Waals surface area contributed by atoms with Gasteiger partial charge in [-0.2, -0.15) is 0 Å². The molecule has 0 bridgehead atoms. The Labute approximate surface area is 166 Å². The average Bonchev–Trinajstić information content (AvgIpc) is 2.94. The van der Waals surface area contributed by atoms with Crippen molar-refractivity contribution in [3.8, 4) is 0 Å². The maximum absolute atomic E-state index is 13.1. The molecule has 0 spiro atoms. The molecule has 0 N–H and O–H groups in total. The number of rotatable bonds is 5. The smallest absolute Gasteiger partial charge is 0.197 e. The Balaban J connectivity index is 2.17. The molecular weight excluding hydrogens is 387 g/mol. The van der Waals surface area contributed by atoms with Crippen molar-refractivity contribution in [1.82, 2.24) is 3.96 Å². The second-order valence-electron chi connectivity index (χ2n) is 5.86. The Kier molecular flexibility index (Phi) is 5.97. The number of aromatic nitrogens is 1. The monoisotopic (exact) mass is 404 g/mol. The Morgan fingerprint density at radius 3 is 2.50 bits per heavy atom. The molecule has 6 heteroatoms. The van der Waals surface area contributed by atoms with Crippen molar-refractivity contribution >= 4 is 46.2 Å². The lowest BCUT2D eigenvalue weighted by molar-refractivity contribution is 0.103. The molecule has 0 atom stereocenters. The van der Waals surface area contributed by atoms with Crippen LogP contribution in [0.5, 0.6) is 0 Å². The van der Waals surface area contributed by atoms with Crippen molar-refractivity contribution in [1.29, 1.82) is 0 Å². The van der Waals surface area contributed by atoms with Gasteiger partial charge in [-0.25, -0.2) is 4.99 Å². The van der Waals surface area contributed by atoms with Crippen LogP contribution in [0.1, 0.15) is 35.0 Å². The second kappa shape index (κ2) is 8.21. The highest BCUT2D eigenvalue weighted by molar-refractivity contribution is 7.04. The first-order valence-corrected chi connectivity index (χ1v) is 9.84. The van der Waals surface area contributed by atoms with Gasteiger partial charge in [-0.1, -0.05) is 60.5 Å². The first-order chi connectivity index (χ1) is 12.5. The Bertz CT molecular complexity index is 1010. The van der Waals surface area contributed by atoms with E-state index in [2.05, 4.69) is 15.9 Å². The molecule has 0 unspecified atom stereocenters. The number of benzene rings is 2. The van der Waals surface area contributed by atoms with E-state index in [0.29, 0.717) is 31.5 Å². The zero-order valence-corrected chi connectivity index (χ0v) is 16.8. The number of nitrogens with zero attached hydrogens (tertiary/aromatic N) is 2. The highest BCUT2D eigenvalue weighted by Gasteiger charge is 2.19. The van der Waals surface area contributed by atoms with Gasteiger partial charge in [0.2, 0.25) is 0 Å². The van der Waals surface area contributed by atoms with Gasteiger partial charge in [-0.15, -0.1) is 0 Å². The van der Waals surface area contributed by atoms with Gasteiger partial charge in [-0.05, 0) is 43.1 Å². The molecule has 3 nitrogen and oxygen atoms in total. The van der Waals surface area contributed by atoms with Crippen molar-refractivity contribution in [3.05, 3.63) is 80.1 Å². The molecule has 26 heavy (non-hydrogen) atoms. The summed E-state index contributed by atoms with van der Waals surface area (Å²) < 4.78 is 2.80. The third-order valence-corrected chi connectivity index (χ3v) is 5.85. The lowest BCUT2D eigenvalue weighted by Crippen LogP contribution is -2.13. The van der Waals surface area contributed by atoms with E-state index in [1.54, 1.807) is 18.2 Å². The highest BCUT2D eigenvalue weighted by atomic mass is 35.5. The Morgan fingerprint density at radius 1 is 1.12 bits per heavy atom. The fraction of sp³-hybridized carbons (Fsp3) is 0.200. The molecule has 0 radical (unpaired) electrons. The molecule has 134 valence electrons. The lowest BCUT2D eigenvalue weighted by atomic mass is 10.0. The van der Waals surface area contributed by atoms with Crippen molar-refractivity contribution in [2.45, 2.75) is 26.8 Å². The standard InChI is InChI=1S/C20H18Cl2N2OS/c1-3-11-24-13(2)18(19(25)14-7-5-4-6-8-14)20(26-24)23-15-9-10-16(21)17(22)12-15/h4-10,12H,3,11H2,1-2H3. The SMILES string of the molecule is CCCn1sc(=Nc2ccc(Cl)c(Cl)c2)c(C(=O)c2ccccc2)c1C. The van der Waals surface area contributed by atoms with Crippen LogP contribution in [-0.4, -0.2) is 9.74 Å². The molecule has 3 rings (SSSR count). The number of aryl methyl sites for hydroxylation is 1. The molecule has 0 aliphatic rings. The summed E-state index contributed by atoms with van der Waals surface area (Å²) in [5.41, 5.74) is 2.90. The van der Waals surface area contributed by atoms with Crippen LogP contribution in [-0.2, 0) is 6.54 Å². The van der Waals surface area contributed by atoms with E-state index < -0.39 is 0 Å². The van der Waals surface area contributed by atoms with Gasteiger partial charge in [-0.3, -0.25) is 8.75 Å². The zero-order valence-electron chi connectivity index (χ0n) is 14.5. The van der Waals surface area contributed by atoms with Gasteiger partial charge < -0.3 is 0 Å². The summed E-state index contributed by atoms with van der Waals surface area (Å²) in [6.45, 7) is 4.93. The summed E-state index contributed by atoms with van der Waals surface area (Å²) in [6.07, 6.45) is 0.983. The molecule has 0 amide bonds. The predicted octanol–water partition coefficient (Wildman–Crippen LogP) is 6.04. The average molecular weight is 405 g/mol. The molecular formula is C20H18Cl2N2OS. The Morgan fingerprint density at radius 2 is 1.85 bits per heavy atom. The first-order valence-electron chi connectivity index (χ1n) is 8.31. The summed E-state index contributed by atoms with van der Waals surface area (Å²) in [6, 6.07) is 14.5. The number of hydrogen-bond acceptors (Lipinski definition) is 3. The normalized spacial score (nSPS) is 11.8. The summed E-state index contributed by atoms with van der Waals surface area (Å²) in [4.78, 5) is 17.8. The van der Waals surface area contributed by atoms with E-state index >= 15 is 0 Å². The molecule has 2 aromatic carbocycles. The van der Waals surface area contributed by atoms with E-state index in [9.17, 15) is 4.79 Å². The van der Waals surface area contributed by atoms with Gasteiger partial charge in [0.1, 0.15) is 4.67 Å². The predicted molar refractivity (Wildman–Crippen MR) is 109 cm³/mol. The van der Waals surface area contributed by atoms with Crippen LogP contribution in [0.3, 0.4) is 0 Å². The first kappa shape index (κ1) is 18.9. The summed E-state index contributed by atoms with van der Waals surface area (Å²) >= 11 is 13.6. The minimum Gasteiger partial charge on any atom is -0.300 e. The quantitative estimate of drug-likeness (QED) is 0.477. The van der Waals surface area contributed by atoms with Crippen LogP contribution in [0.25, 0.3) is 0 Å². The van der Waals surface area contributed by atoms with Crippen LogP contribution in [0.2, 0.25) is 10.0 Å². The second-order valence-corrected chi connectivity index (χ2v) is 7.69. The number of ketones is 1. The molecule has 0 aliphatic heterocycles. The minimum atomic E-state index is -0.0204. The van der Waals surface area contributed by atoms with Gasteiger partial charge in [0.25, 0.3) is 0 Å². The fourth-order valence-corrected chi connectivity index (χ4v) is 4.14. The topological polar surface area (TPSA) is 34.4 Å². The molecule has 1 heterocycles. The molecule has 0 aliphatic carbocycles. The largest absolute Gasteiger partial charge is 0.300 e. The number of carbonyl (C=O) groups excluding carboxylic acids is 1. The van der Waals surface area contributed by atoms with Gasteiger partial charge >= 0.3 is 0 Å². The maximum Gasteiger partial charge on any atom is 0.197 e. The number of carbonyl (C=O) groups is 1. The van der Waals surface area contributed by atoms with Gasteiger partial charge in [0, 0.05) is 17.8 Å². The van der Waals surface area contributed by atoms with E-state index in [1.165, 1.54) is 11.5 Å². The lowest BCUT2D eigenvalue weighted by Gasteiger charge is -2.03. The van der Waals surface area contributed by atoms with Crippen LogP contribution >= 0.6 is 34.7 Å². The minimum absolute atomic E-state index is 0.0204. The molecule has 0 saturated heterocycles. The molecule has 0 fully saturated rings. The summed E-state index contributed by atoms with van der Waals surface area (Å²) in [7, 11) is 0. The zero-order chi connectivity index (χ0) is 18.7. The fourth-order valence-electron chi connectivity index (χ4n) is 2.66. The summed E-state index contributed by atoms with van der Waals surface area (Å²) in [5, 5.41) is 0.924. The van der Waals surface area contributed by atoms with E-state index in [0.717, 1.165) is 18.7 Å². The van der Waals surface area contributed by atoms with Crippen molar-refractivity contribution in [2.75, 3.05) is 0 Å². The van der Waals surface area contributed by atoms with Gasteiger partial charge in [0.05, 0.1) is 21.3 Å². The van der Waals surface area contributed by atoms with Crippen LogP contribution < -0.4 is 4.67 Å². The maximum atomic E-state index is 13.1. The number of halogens is 2.